The lowest BCUT2D eigenvalue weighted by molar-refractivity contribution is -0.138. The lowest BCUT2D eigenvalue weighted by Gasteiger charge is -2.36. The van der Waals surface area contributed by atoms with Crippen LogP contribution in [0.5, 0.6) is 11.5 Å². The zero-order valence-corrected chi connectivity index (χ0v) is 19.3. The summed E-state index contributed by atoms with van der Waals surface area (Å²) in [5.41, 5.74) is 0. The van der Waals surface area contributed by atoms with E-state index in [2.05, 4.69) is 12.2 Å². The molecule has 0 unspecified atom stereocenters. The molecule has 0 spiro atoms. The number of nitrogens with zero attached hydrogens (tertiary/aromatic N) is 1. The van der Waals surface area contributed by atoms with Crippen molar-refractivity contribution in [2.45, 2.75) is 77.9 Å². The van der Waals surface area contributed by atoms with Gasteiger partial charge in [-0.05, 0) is 62.8 Å². The first-order valence-corrected chi connectivity index (χ1v) is 12.0. The summed E-state index contributed by atoms with van der Waals surface area (Å²) in [7, 11) is 0. The summed E-state index contributed by atoms with van der Waals surface area (Å²) in [4.78, 5) is 27.0. The summed E-state index contributed by atoms with van der Waals surface area (Å²) in [5, 5.41) is 3.27. The van der Waals surface area contributed by atoms with Gasteiger partial charge in [0.1, 0.15) is 17.6 Å². The fourth-order valence-electron chi connectivity index (χ4n) is 4.44. The van der Waals surface area contributed by atoms with Crippen LogP contribution in [0.15, 0.2) is 24.3 Å². The molecular formula is C25H38N2O4. The van der Waals surface area contributed by atoms with Gasteiger partial charge in [-0.1, -0.05) is 27.2 Å². The Kier molecular flexibility index (Phi) is 8.61. The Morgan fingerprint density at radius 1 is 1.03 bits per heavy atom. The Hall–Kier alpha value is -2.24. The monoisotopic (exact) mass is 430 g/mol. The number of benzene rings is 1. The van der Waals surface area contributed by atoms with E-state index in [4.69, 9.17) is 9.47 Å². The van der Waals surface area contributed by atoms with Crippen molar-refractivity contribution >= 4 is 11.8 Å². The van der Waals surface area contributed by atoms with Crippen LogP contribution >= 0.6 is 0 Å². The molecule has 2 fully saturated rings. The number of amides is 2. The first kappa shape index (κ1) is 23.4. The molecule has 1 saturated heterocycles. The molecule has 1 N–H and O–H groups in total. The first-order valence-electron chi connectivity index (χ1n) is 12.0. The van der Waals surface area contributed by atoms with Crippen LogP contribution < -0.4 is 14.8 Å². The number of piperidine rings is 1. The van der Waals surface area contributed by atoms with Gasteiger partial charge < -0.3 is 19.7 Å². The van der Waals surface area contributed by atoms with Gasteiger partial charge in [-0.2, -0.15) is 0 Å². The van der Waals surface area contributed by atoms with Crippen molar-refractivity contribution in [1.29, 1.82) is 0 Å². The van der Waals surface area contributed by atoms with Crippen molar-refractivity contribution in [3.63, 3.8) is 0 Å². The van der Waals surface area contributed by atoms with Crippen molar-refractivity contribution in [2.75, 3.05) is 19.7 Å². The number of rotatable bonds is 8. The van der Waals surface area contributed by atoms with Crippen molar-refractivity contribution in [3.8, 4) is 11.5 Å². The maximum absolute atomic E-state index is 12.9. The van der Waals surface area contributed by atoms with Gasteiger partial charge in [-0.25, -0.2) is 0 Å². The maximum Gasteiger partial charge on any atom is 0.225 e. The Balaban J connectivity index is 1.51. The molecule has 6 nitrogen and oxygen atoms in total. The van der Waals surface area contributed by atoms with E-state index < -0.39 is 0 Å². The minimum absolute atomic E-state index is 0.0114. The smallest absolute Gasteiger partial charge is 0.225 e. The number of ether oxygens (including phenoxy) is 2. The quantitative estimate of drug-likeness (QED) is 0.672. The minimum Gasteiger partial charge on any atom is -0.494 e. The van der Waals surface area contributed by atoms with E-state index in [9.17, 15) is 9.59 Å². The number of carbonyl (C=O) groups is 2. The van der Waals surface area contributed by atoms with Crippen molar-refractivity contribution in [1.82, 2.24) is 10.2 Å². The Morgan fingerprint density at radius 2 is 1.68 bits per heavy atom. The Labute approximate surface area is 186 Å². The second-order valence-corrected chi connectivity index (χ2v) is 9.13. The van der Waals surface area contributed by atoms with E-state index in [1.807, 2.05) is 43.0 Å². The minimum atomic E-state index is -0.0196. The second kappa shape index (κ2) is 11.4. The number of carbonyl (C=O) groups excluding carboxylic acids is 2. The molecular weight excluding hydrogens is 392 g/mol. The van der Waals surface area contributed by atoms with Crippen LogP contribution in [0.25, 0.3) is 0 Å². The number of hydrogen-bond acceptors (Lipinski definition) is 4. The van der Waals surface area contributed by atoms with Crippen LogP contribution in [0.3, 0.4) is 0 Å². The predicted molar refractivity (Wildman–Crippen MR) is 121 cm³/mol. The molecule has 1 aliphatic carbocycles. The molecule has 2 aliphatic rings. The molecule has 1 aromatic carbocycles. The third-order valence-corrected chi connectivity index (χ3v) is 6.29. The lowest BCUT2D eigenvalue weighted by Crippen LogP contribution is -2.51. The third-order valence-electron chi connectivity index (χ3n) is 6.29. The van der Waals surface area contributed by atoms with Gasteiger partial charge in [0.05, 0.1) is 12.6 Å². The normalized spacial score (nSPS) is 22.3. The average Bonchev–Trinajstić information content (AvgIpc) is 2.79. The van der Waals surface area contributed by atoms with E-state index in [0.29, 0.717) is 19.7 Å². The fourth-order valence-corrected chi connectivity index (χ4v) is 4.44. The maximum atomic E-state index is 12.9. The summed E-state index contributed by atoms with van der Waals surface area (Å²) in [5.74, 6) is 1.96. The van der Waals surface area contributed by atoms with Gasteiger partial charge in [0.25, 0.3) is 0 Å². The largest absolute Gasteiger partial charge is 0.494 e. The molecule has 2 atom stereocenters. The molecule has 3 rings (SSSR count). The highest BCUT2D eigenvalue weighted by Gasteiger charge is 2.33. The Bertz CT molecular complexity index is 711. The molecule has 172 valence electrons. The van der Waals surface area contributed by atoms with E-state index in [1.54, 1.807) is 0 Å². The van der Waals surface area contributed by atoms with Crippen LogP contribution in [0, 0.1) is 11.8 Å². The SMILES string of the molecule is CCCOc1ccc(O[C@H]2CCCC[C@@H]2NC(=O)C2CCN(C(=O)C(C)C)CC2)cc1. The number of likely N-dealkylation sites (tertiary alicyclic amines) is 1. The fraction of sp³-hybridized carbons (Fsp3) is 0.680. The zero-order valence-electron chi connectivity index (χ0n) is 19.3. The van der Waals surface area contributed by atoms with E-state index in [1.165, 1.54) is 0 Å². The molecule has 2 amide bonds. The van der Waals surface area contributed by atoms with Crippen LogP contribution in [0.2, 0.25) is 0 Å². The summed E-state index contributed by atoms with van der Waals surface area (Å²) in [6.45, 7) is 8.00. The molecule has 1 aromatic rings. The van der Waals surface area contributed by atoms with Crippen molar-refractivity contribution in [2.24, 2.45) is 11.8 Å². The molecule has 0 radical (unpaired) electrons. The summed E-state index contributed by atoms with van der Waals surface area (Å²) < 4.78 is 11.9. The molecule has 31 heavy (non-hydrogen) atoms. The van der Waals surface area contributed by atoms with Crippen LogP contribution in [0.1, 0.15) is 65.7 Å². The number of nitrogens with one attached hydrogen (secondary N) is 1. The van der Waals surface area contributed by atoms with Gasteiger partial charge in [-0.15, -0.1) is 0 Å². The van der Waals surface area contributed by atoms with Gasteiger partial charge in [0.2, 0.25) is 11.8 Å². The molecule has 0 bridgehead atoms. The Morgan fingerprint density at radius 3 is 2.32 bits per heavy atom. The zero-order chi connectivity index (χ0) is 22.2. The van der Waals surface area contributed by atoms with E-state index in [0.717, 1.165) is 56.4 Å². The topological polar surface area (TPSA) is 67.9 Å². The van der Waals surface area contributed by atoms with E-state index in [-0.39, 0.29) is 35.8 Å². The van der Waals surface area contributed by atoms with Gasteiger partial charge in [0, 0.05) is 24.9 Å². The molecule has 1 saturated carbocycles. The predicted octanol–water partition coefficient (Wildman–Crippen LogP) is 4.18. The van der Waals surface area contributed by atoms with Crippen LogP contribution in [-0.2, 0) is 9.59 Å². The molecule has 6 heteroatoms. The van der Waals surface area contributed by atoms with Crippen LogP contribution in [0.4, 0.5) is 0 Å². The summed E-state index contributed by atoms with van der Waals surface area (Å²) in [6, 6.07) is 7.80. The first-order chi connectivity index (χ1) is 15.0. The van der Waals surface area contributed by atoms with E-state index >= 15 is 0 Å². The molecule has 1 aliphatic heterocycles. The molecule has 1 heterocycles. The third kappa shape index (κ3) is 6.62. The van der Waals surface area contributed by atoms with Gasteiger partial charge in [0.15, 0.2) is 0 Å². The molecule has 0 aromatic heterocycles. The number of hydrogen-bond donors (Lipinski definition) is 1. The van der Waals surface area contributed by atoms with Crippen molar-refractivity contribution < 1.29 is 19.1 Å². The van der Waals surface area contributed by atoms with Crippen LogP contribution in [-0.4, -0.2) is 48.6 Å². The highest BCUT2D eigenvalue weighted by Crippen LogP contribution is 2.27. The van der Waals surface area contributed by atoms with Crippen molar-refractivity contribution in [3.05, 3.63) is 24.3 Å². The second-order valence-electron chi connectivity index (χ2n) is 9.13. The summed E-state index contributed by atoms with van der Waals surface area (Å²) in [6.07, 6.45) is 6.56. The lowest BCUT2D eigenvalue weighted by atomic mass is 9.90. The average molecular weight is 431 g/mol. The van der Waals surface area contributed by atoms with Gasteiger partial charge >= 0.3 is 0 Å². The standard InChI is InChI=1S/C25H38N2O4/c1-4-17-30-20-9-11-21(12-10-20)31-23-8-6-5-7-22(23)26-24(28)19-13-15-27(16-14-19)25(29)18(2)3/h9-12,18-19,22-23H,4-8,13-17H2,1-3H3,(H,26,28)/t22-,23-/m0/s1. The highest BCUT2D eigenvalue weighted by molar-refractivity contribution is 5.81. The highest BCUT2D eigenvalue weighted by atomic mass is 16.5. The summed E-state index contributed by atoms with van der Waals surface area (Å²) >= 11 is 0. The van der Waals surface area contributed by atoms with Gasteiger partial charge in [-0.3, -0.25) is 9.59 Å².